The van der Waals surface area contributed by atoms with E-state index in [0.717, 1.165) is 6.07 Å². The van der Waals surface area contributed by atoms with Crippen molar-refractivity contribution in [2.75, 3.05) is 6.54 Å². The monoisotopic (exact) mass is 335 g/mol. The van der Waals surface area contributed by atoms with E-state index in [9.17, 15) is 16.8 Å². The Morgan fingerprint density at radius 2 is 1.62 bits per heavy atom. The highest BCUT2D eigenvalue weighted by Gasteiger charge is 2.31. The van der Waals surface area contributed by atoms with Gasteiger partial charge in [-0.2, -0.15) is 0 Å². The van der Waals surface area contributed by atoms with Crippen LogP contribution in [0.2, 0.25) is 0 Å². The number of nitrogens with one attached hydrogen (secondary N) is 1. The van der Waals surface area contributed by atoms with E-state index in [0.29, 0.717) is 12.8 Å². The fraction of sp³-hybridized carbons (Fsp3) is 0.500. The van der Waals surface area contributed by atoms with Gasteiger partial charge in [-0.15, -0.1) is 0 Å². The Labute approximate surface area is 125 Å². The molecule has 0 bridgehead atoms. The largest absolute Gasteiger partial charge is 0.329 e. The summed E-state index contributed by atoms with van der Waals surface area (Å²) in [6, 6.07) is 4.91. The van der Waals surface area contributed by atoms with Crippen molar-refractivity contribution in [2.45, 2.75) is 42.0 Å². The molecule has 9 heteroatoms. The summed E-state index contributed by atoms with van der Waals surface area (Å²) in [6.07, 6.45) is 1.04. The molecular formula is C12H21N3O4S2. The molecule has 0 aromatic heterocycles. The molecule has 1 aromatic rings. The van der Waals surface area contributed by atoms with Crippen LogP contribution in [0.15, 0.2) is 34.1 Å². The highest BCUT2D eigenvalue weighted by atomic mass is 32.2. The molecule has 0 atom stereocenters. The van der Waals surface area contributed by atoms with Crippen LogP contribution in [-0.2, 0) is 20.0 Å². The second-order valence-electron chi connectivity index (χ2n) is 4.82. The maximum absolute atomic E-state index is 12.4. The van der Waals surface area contributed by atoms with Crippen molar-refractivity contribution in [3.8, 4) is 0 Å². The maximum Gasteiger partial charge on any atom is 0.241 e. The lowest BCUT2D eigenvalue weighted by Crippen LogP contribution is -2.52. The zero-order valence-electron chi connectivity index (χ0n) is 12.0. The Morgan fingerprint density at radius 1 is 1.10 bits per heavy atom. The van der Waals surface area contributed by atoms with Crippen LogP contribution >= 0.6 is 0 Å². The minimum atomic E-state index is -3.96. The molecule has 120 valence electrons. The molecule has 0 aliphatic carbocycles. The maximum atomic E-state index is 12.4. The Kier molecular flexibility index (Phi) is 5.51. The predicted molar refractivity (Wildman–Crippen MR) is 80.5 cm³/mol. The van der Waals surface area contributed by atoms with E-state index in [2.05, 4.69) is 4.72 Å². The van der Waals surface area contributed by atoms with E-state index >= 15 is 0 Å². The molecule has 0 heterocycles. The van der Waals surface area contributed by atoms with Gasteiger partial charge in [-0.3, -0.25) is 0 Å². The van der Waals surface area contributed by atoms with E-state index < -0.39 is 25.6 Å². The third kappa shape index (κ3) is 4.24. The first-order valence-electron chi connectivity index (χ1n) is 6.47. The Morgan fingerprint density at radius 3 is 2.05 bits per heavy atom. The van der Waals surface area contributed by atoms with Crippen molar-refractivity contribution in [1.82, 2.24) is 4.72 Å². The average molecular weight is 335 g/mol. The molecule has 0 saturated carbocycles. The van der Waals surface area contributed by atoms with Crippen LogP contribution in [0.1, 0.15) is 26.7 Å². The van der Waals surface area contributed by atoms with E-state index in [-0.39, 0.29) is 16.3 Å². The van der Waals surface area contributed by atoms with Crippen molar-refractivity contribution in [3.63, 3.8) is 0 Å². The lowest BCUT2D eigenvalue weighted by molar-refractivity contribution is 0.363. The second kappa shape index (κ2) is 6.41. The molecule has 0 saturated heterocycles. The van der Waals surface area contributed by atoms with Crippen LogP contribution in [0.4, 0.5) is 0 Å². The quantitative estimate of drug-likeness (QED) is 0.651. The molecule has 0 fully saturated rings. The van der Waals surface area contributed by atoms with Gasteiger partial charge in [0.05, 0.1) is 9.79 Å². The molecule has 5 N–H and O–H groups in total. The van der Waals surface area contributed by atoms with Crippen molar-refractivity contribution in [2.24, 2.45) is 10.9 Å². The van der Waals surface area contributed by atoms with Gasteiger partial charge in [-0.1, -0.05) is 19.9 Å². The Hall–Kier alpha value is -1.00. The van der Waals surface area contributed by atoms with Gasteiger partial charge in [0.1, 0.15) is 0 Å². The van der Waals surface area contributed by atoms with Crippen molar-refractivity contribution >= 4 is 20.0 Å². The zero-order chi connectivity index (χ0) is 16.3. The van der Waals surface area contributed by atoms with Gasteiger partial charge in [0.15, 0.2) is 0 Å². The number of primary sulfonamides is 1. The Bertz CT molecular complexity index is 687. The van der Waals surface area contributed by atoms with Crippen LogP contribution in [-0.4, -0.2) is 28.9 Å². The first kappa shape index (κ1) is 18.1. The molecule has 0 aliphatic heterocycles. The molecule has 0 aliphatic rings. The highest BCUT2D eigenvalue weighted by Crippen LogP contribution is 2.20. The zero-order valence-corrected chi connectivity index (χ0v) is 13.7. The van der Waals surface area contributed by atoms with Gasteiger partial charge < -0.3 is 5.73 Å². The van der Waals surface area contributed by atoms with Crippen molar-refractivity contribution in [1.29, 1.82) is 0 Å². The third-order valence-corrected chi connectivity index (χ3v) is 6.03. The normalized spacial score (nSPS) is 13.3. The van der Waals surface area contributed by atoms with E-state index in [4.69, 9.17) is 10.9 Å². The number of rotatable bonds is 7. The fourth-order valence-electron chi connectivity index (χ4n) is 1.89. The minimum absolute atomic E-state index is 0.147. The third-order valence-electron chi connectivity index (χ3n) is 3.54. The molecule has 0 spiro atoms. The summed E-state index contributed by atoms with van der Waals surface area (Å²) in [5.41, 5.74) is 4.92. The highest BCUT2D eigenvalue weighted by molar-refractivity contribution is 7.90. The Balaban J connectivity index is 3.26. The molecular weight excluding hydrogens is 314 g/mol. The molecule has 7 nitrogen and oxygen atoms in total. The lowest BCUT2D eigenvalue weighted by atomic mass is 9.95. The van der Waals surface area contributed by atoms with Gasteiger partial charge in [0.25, 0.3) is 0 Å². The van der Waals surface area contributed by atoms with Crippen LogP contribution in [0, 0.1) is 0 Å². The van der Waals surface area contributed by atoms with Gasteiger partial charge in [0, 0.05) is 12.1 Å². The van der Waals surface area contributed by atoms with Crippen LogP contribution in [0.5, 0.6) is 0 Å². The first-order valence-corrected chi connectivity index (χ1v) is 9.50. The second-order valence-corrected chi connectivity index (χ2v) is 8.06. The molecule has 0 radical (unpaired) electrons. The van der Waals surface area contributed by atoms with E-state index in [1.165, 1.54) is 18.2 Å². The minimum Gasteiger partial charge on any atom is -0.329 e. The van der Waals surface area contributed by atoms with E-state index in [1.54, 1.807) is 0 Å². The molecule has 0 amide bonds. The summed E-state index contributed by atoms with van der Waals surface area (Å²) >= 11 is 0. The van der Waals surface area contributed by atoms with Gasteiger partial charge in [-0.25, -0.2) is 26.7 Å². The summed E-state index contributed by atoms with van der Waals surface area (Å²) in [5, 5.41) is 5.01. The number of hydrogen-bond donors (Lipinski definition) is 3. The lowest BCUT2D eigenvalue weighted by Gasteiger charge is -2.31. The average Bonchev–Trinajstić information content (AvgIpc) is 2.44. The standard InChI is InChI=1S/C12H21N3O4S2/c1-3-12(4-2,9-13)15-21(18,19)11-7-5-6-10(8-11)20(14,16)17/h5-8,15H,3-4,9,13H2,1-2H3,(H2,14,16,17). The number of hydrogen-bond acceptors (Lipinski definition) is 5. The topological polar surface area (TPSA) is 132 Å². The SMILES string of the molecule is CCC(CC)(CN)NS(=O)(=O)c1cccc(S(N)(=O)=O)c1. The summed E-state index contributed by atoms with van der Waals surface area (Å²) < 4.78 is 50.0. The predicted octanol–water partition coefficient (Wildman–Crippen LogP) is 0.130. The summed E-state index contributed by atoms with van der Waals surface area (Å²) in [5.74, 6) is 0. The van der Waals surface area contributed by atoms with E-state index in [1.807, 2.05) is 13.8 Å². The van der Waals surface area contributed by atoms with Gasteiger partial charge in [0.2, 0.25) is 20.0 Å². The van der Waals surface area contributed by atoms with Crippen molar-refractivity contribution < 1.29 is 16.8 Å². The first-order chi connectivity index (χ1) is 9.60. The smallest absolute Gasteiger partial charge is 0.241 e. The van der Waals surface area contributed by atoms with Gasteiger partial charge in [-0.05, 0) is 31.0 Å². The van der Waals surface area contributed by atoms with Crippen LogP contribution in [0.3, 0.4) is 0 Å². The van der Waals surface area contributed by atoms with Crippen LogP contribution < -0.4 is 15.6 Å². The number of sulfonamides is 2. The van der Waals surface area contributed by atoms with Crippen molar-refractivity contribution in [3.05, 3.63) is 24.3 Å². The van der Waals surface area contributed by atoms with Gasteiger partial charge >= 0.3 is 0 Å². The summed E-state index contributed by atoms with van der Waals surface area (Å²) in [4.78, 5) is -0.412. The van der Waals surface area contributed by atoms with Crippen LogP contribution in [0.25, 0.3) is 0 Å². The molecule has 1 rings (SSSR count). The summed E-state index contributed by atoms with van der Waals surface area (Å²) in [7, 11) is -7.85. The molecule has 21 heavy (non-hydrogen) atoms. The molecule has 1 aromatic carbocycles. The fourth-order valence-corrected chi connectivity index (χ4v) is 4.12. The molecule has 0 unspecified atom stereocenters. The summed E-state index contributed by atoms with van der Waals surface area (Å²) in [6.45, 7) is 3.81. The number of benzene rings is 1. The number of nitrogens with two attached hydrogens (primary N) is 2.